The van der Waals surface area contributed by atoms with Crippen LogP contribution in [-0.4, -0.2) is 11.8 Å². The van der Waals surface area contributed by atoms with Gasteiger partial charge in [0.25, 0.3) is 0 Å². The molecule has 0 aliphatic carbocycles. The topological polar surface area (TPSA) is 42.2 Å². The highest BCUT2D eigenvalue weighted by molar-refractivity contribution is 6.00. The Morgan fingerprint density at radius 2 is 2.05 bits per heavy atom. The van der Waals surface area contributed by atoms with Crippen molar-refractivity contribution in [3.63, 3.8) is 0 Å². The van der Waals surface area contributed by atoms with Crippen LogP contribution in [0.5, 0.6) is 0 Å². The van der Waals surface area contributed by atoms with Crippen molar-refractivity contribution in [3.8, 4) is 0 Å². The molecule has 1 aromatic carbocycles. The summed E-state index contributed by atoms with van der Waals surface area (Å²) in [6.07, 6.45) is 1.63. The second-order valence-corrected chi connectivity index (χ2v) is 4.85. The monoisotopic (exact) mass is 257 g/mol. The Labute approximate surface area is 113 Å². The molecule has 1 unspecified atom stereocenters. The number of aryl methyl sites for hydroxylation is 2. The maximum absolute atomic E-state index is 12.3. The van der Waals surface area contributed by atoms with E-state index in [0.29, 0.717) is 6.54 Å². The molecule has 19 heavy (non-hydrogen) atoms. The SMILES string of the molecule is Cc1ccc(C(=O)C(C)NCc2ccco2)cc1C. The number of Topliss-reactive ketones (excluding diaryl/α,β-unsaturated/α-hetero) is 1. The van der Waals surface area contributed by atoms with Crippen LogP contribution in [0.1, 0.15) is 34.2 Å². The molecule has 0 amide bonds. The highest BCUT2D eigenvalue weighted by Crippen LogP contribution is 2.12. The molecule has 1 heterocycles. The van der Waals surface area contributed by atoms with E-state index >= 15 is 0 Å². The molecule has 1 N–H and O–H groups in total. The van der Waals surface area contributed by atoms with Gasteiger partial charge in [-0.25, -0.2) is 0 Å². The van der Waals surface area contributed by atoms with Crippen LogP contribution in [0.3, 0.4) is 0 Å². The largest absolute Gasteiger partial charge is 0.468 e. The number of benzene rings is 1. The number of furan rings is 1. The fourth-order valence-electron chi connectivity index (χ4n) is 1.90. The molecule has 0 saturated carbocycles. The summed E-state index contributed by atoms with van der Waals surface area (Å²) in [5.74, 6) is 0.939. The molecule has 0 bridgehead atoms. The molecule has 2 aromatic rings. The van der Waals surface area contributed by atoms with Crippen molar-refractivity contribution < 1.29 is 9.21 Å². The van der Waals surface area contributed by atoms with Crippen molar-refractivity contribution in [3.05, 3.63) is 59.0 Å². The lowest BCUT2D eigenvalue weighted by Crippen LogP contribution is -2.33. The first-order chi connectivity index (χ1) is 9.08. The Bertz CT molecular complexity index is 558. The lowest BCUT2D eigenvalue weighted by atomic mass is 10.0. The molecule has 0 fully saturated rings. The van der Waals surface area contributed by atoms with Crippen LogP contribution in [0.25, 0.3) is 0 Å². The summed E-state index contributed by atoms with van der Waals surface area (Å²) in [7, 11) is 0. The number of ketones is 1. The molecule has 3 heteroatoms. The van der Waals surface area contributed by atoms with Crippen molar-refractivity contribution in [2.24, 2.45) is 0 Å². The van der Waals surface area contributed by atoms with E-state index in [-0.39, 0.29) is 11.8 Å². The highest BCUT2D eigenvalue weighted by atomic mass is 16.3. The Balaban J connectivity index is 2.00. The molecule has 0 aliphatic heterocycles. The molecule has 1 aromatic heterocycles. The normalized spacial score (nSPS) is 12.4. The van der Waals surface area contributed by atoms with Gasteiger partial charge >= 0.3 is 0 Å². The van der Waals surface area contributed by atoms with Crippen molar-refractivity contribution in [1.82, 2.24) is 5.32 Å². The first-order valence-corrected chi connectivity index (χ1v) is 6.45. The Morgan fingerprint density at radius 3 is 2.68 bits per heavy atom. The minimum absolute atomic E-state index is 0.106. The van der Waals surface area contributed by atoms with Crippen molar-refractivity contribution in [2.75, 3.05) is 0 Å². The van der Waals surface area contributed by atoms with E-state index in [0.717, 1.165) is 16.9 Å². The van der Waals surface area contributed by atoms with Gasteiger partial charge in [-0.1, -0.05) is 12.1 Å². The zero-order chi connectivity index (χ0) is 13.8. The summed E-state index contributed by atoms with van der Waals surface area (Å²) in [6.45, 7) is 6.50. The van der Waals surface area contributed by atoms with Crippen LogP contribution >= 0.6 is 0 Å². The Kier molecular flexibility index (Phi) is 4.17. The zero-order valence-electron chi connectivity index (χ0n) is 11.6. The smallest absolute Gasteiger partial charge is 0.179 e. The predicted molar refractivity (Wildman–Crippen MR) is 75.3 cm³/mol. The summed E-state index contributed by atoms with van der Waals surface area (Å²) < 4.78 is 5.23. The second-order valence-electron chi connectivity index (χ2n) is 4.85. The van der Waals surface area contributed by atoms with E-state index < -0.39 is 0 Å². The summed E-state index contributed by atoms with van der Waals surface area (Å²) in [6, 6.07) is 9.32. The van der Waals surface area contributed by atoms with Gasteiger partial charge in [0.05, 0.1) is 18.8 Å². The van der Waals surface area contributed by atoms with Gasteiger partial charge in [0, 0.05) is 5.56 Å². The first-order valence-electron chi connectivity index (χ1n) is 6.45. The number of carbonyl (C=O) groups is 1. The molecule has 0 spiro atoms. The zero-order valence-corrected chi connectivity index (χ0v) is 11.6. The fourth-order valence-corrected chi connectivity index (χ4v) is 1.90. The van der Waals surface area contributed by atoms with E-state index in [1.54, 1.807) is 6.26 Å². The van der Waals surface area contributed by atoms with Gasteiger partial charge in [-0.2, -0.15) is 0 Å². The number of hydrogen-bond donors (Lipinski definition) is 1. The second kappa shape index (κ2) is 5.85. The van der Waals surface area contributed by atoms with Crippen molar-refractivity contribution >= 4 is 5.78 Å². The third-order valence-corrected chi connectivity index (χ3v) is 3.35. The number of hydrogen-bond acceptors (Lipinski definition) is 3. The van der Waals surface area contributed by atoms with Crippen LogP contribution in [-0.2, 0) is 6.54 Å². The van der Waals surface area contributed by atoms with E-state index in [4.69, 9.17) is 4.42 Å². The molecule has 1 atom stereocenters. The summed E-state index contributed by atoms with van der Waals surface area (Å²) >= 11 is 0. The lowest BCUT2D eigenvalue weighted by molar-refractivity contribution is 0.0949. The maximum atomic E-state index is 12.3. The maximum Gasteiger partial charge on any atom is 0.179 e. The Morgan fingerprint density at radius 1 is 1.26 bits per heavy atom. The number of carbonyl (C=O) groups excluding carboxylic acids is 1. The summed E-state index contributed by atoms with van der Waals surface area (Å²) in [5, 5.41) is 3.17. The van der Waals surface area contributed by atoms with E-state index in [9.17, 15) is 4.79 Å². The first kappa shape index (κ1) is 13.6. The van der Waals surface area contributed by atoms with Crippen LogP contribution in [0.2, 0.25) is 0 Å². The predicted octanol–water partition coefficient (Wildman–Crippen LogP) is 3.26. The average molecular weight is 257 g/mol. The van der Waals surface area contributed by atoms with E-state index in [1.165, 1.54) is 5.56 Å². The molecule has 0 aliphatic rings. The van der Waals surface area contributed by atoms with Gasteiger partial charge in [0.15, 0.2) is 5.78 Å². The molecule has 0 saturated heterocycles. The van der Waals surface area contributed by atoms with Gasteiger partial charge < -0.3 is 9.73 Å². The van der Waals surface area contributed by atoms with Crippen molar-refractivity contribution in [2.45, 2.75) is 33.4 Å². The summed E-state index contributed by atoms with van der Waals surface area (Å²) in [5.41, 5.74) is 3.10. The third kappa shape index (κ3) is 3.32. The van der Waals surface area contributed by atoms with Crippen LogP contribution < -0.4 is 5.32 Å². The quantitative estimate of drug-likeness (QED) is 0.836. The minimum Gasteiger partial charge on any atom is -0.468 e. The molecule has 0 radical (unpaired) electrons. The van der Waals surface area contributed by atoms with Crippen LogP contribution in [0, 0.1) is 13.8 Å². The van der Waals surface area contributed by atoms with Gasteiger partial charge in [-0.3, -0.25) is 4.79 Å². The van der Waals surface area contributed by atoms with E-state index in [2.05, 4.69) is 5.32 Å². The van der Waals surface area contributed by atoms with Gasteiger partial charge in [0.1, 0.15) is 5.76 Å². The lowest BCUT2D eigenvalue weighted by Gasteiger charge is -2.12. The standard InChI is InChI=1S/C16H19NO2/c1-11-6-7-14(9-12(11)2)16(18)13(3)17-10-15-5-4-8-19-15/h4-9,13,17H,10H2,1-3H3. The third-order valence-electron chi connectivity index (χ3n) is 3.35. The summed E-state index contributed by atoms with van der Waals surface area (Å²) in [4.78, 5) is 12.3. The molecular weight excluding hydrogens is 238 g/mol. The number of rotatable bonds is 5. The molecule has 3 nitrogen and oxygen atoms in total. The molecule has 2 rings (SSSR count). The molecule has 100 valence electrons. The Hall–Kier alpha value is -1.87. The van der Waals surface area contributed by atoms with Crippen LogP contribution in [0.4, 0.5) is 0 Å². The average Bonchev–Trinajstić information content (AvgIpc) is 2.91. The van der Waals surface area contributed by atoms with Gasteiger partial charge in [-0.05, 0) is 50.1 Å². The fraction of sp³-hybridized carbons (Fsp3) is 0.312. The highest BCUT2D eigenvalue weighted by Gasteiger charge is 2.15. The minimum atomic E-state index is -0.229. The van der Waals surface area contributed by atoms with Gasteiger partial charge in [-0.15, -0.1) is 0 Å². The number of nitrogens with one attached hydrogen (secondary N) is 1. The van der Waals surface area contributed by atoms with Crippen molar-refractivity contribution in [1.29, 1.82) is 0 Å². The van der Waals surface area contributed by atoms with Gasteiger partial charge in [0.2, 0.25) is 0 Å². The van der Waals surface area contributed by atoms with Crippen LogP contribution in [0.15, 0.2) is 41.0 Å². The van der Waals surface area contributed by atoms with E-state index in [1.807, 2.05) is 51.1 Å². The molecular formula is C16H19NO2.